The number of benzene rings is 1. The van der Waals surface area contributed by atoms with Crippen molar-refractivity contribution >= 4 is 23.3 Å². The maximum absolute atomic E-state index is 12.3. The van der Waals surface area contributed by atoms with Crippen molar-refractivity contribution in [2.75, 3.05) is 31.7 Å². The Morgan fingerprint density at radius 2 is 2.08 bits per heavy atom. The van der Waals surface area contributed by atoms with E-state index in [1.807, 2.05) is 4.90 Å². The highest BCUT2D eigenvalue weighted by atomic mass is 16.6. The number of carboxylic acids is 1. The number of carboxylic acid groups (broad SMARTS) is 1. The van der Waals surface area contributed by atoms with Crippen molar-refractivity contribution in [1.29, 1.82) is 0 Å². The lowest BCUT2D eigenvalue weighted by molar-refractivity contribution is -0.384. The van der Waals surface area contributed by atoms with Crippen LogP contribution < -0.4 is 10.2 Å². The van der Waals surface area contributed by atoms with Crippen molar-refractivity contribution in [3.63, 3.8) is 0 Å². The van der Waals surface area contributed by atoms with E-state index in [1.54, 1.807) is 6.07 Å². The third-order valence-corrected chi connectivity index (χ3v) is 4.50. The fraction of sp³-hybridized carbons (Fsp3) is 0.529. The molecule has 1 aromatic carbocycles. The third-order valence-electron chi connectivity index (χ3n) is 4.50. The molecule has 0 spiro atoms. The standard InChI is InChI=1S/C17H23N3O6/c1-11-5-7-19(8-6-11)14-4-3-12(9-15(14)20(24)25)16(21)18-13(10-26-2)17(22)23/h3-4,9,11,13H,5-8,10H2,1-2H3,(H,18,21)(H,22,23). The van der Waals surface area contributed by atoms with Crippen LogP contribution in [0.5, 0.6) is 0 Å². The van der Waals surface area contributed by atoms with Crippen molar-refractivity contribution in [2.45, 2.75) is 25.8 Å². The van der Waals surface area contributed by atoms with Gasteiger partial charge in [-0.1, -0.05) is 6.92 Å². The van der Waals surface area contributed by atoms with Crippen LogP contribution in [0.3, 0.4) is 0 Å². The summed E-state index contributed by atoms with van der Waals surface area (Å²) in [5, 5.41) is 22.8. The predicted octanol–water partition coefficient (Wildman–Crippen LogP) is 1.66. The summed E-state index contributed by atoms with van der Waals surface area (Å²) in [6, 6.07) is 2.99. The number of nitro groups is 1. The van der Waals surface area contributed by atoms with Gasteiger partial charge in [0.25, 0.3) is 11.6 Å². The van der Waals surface area contributed by atoms with Crippen LogP contribution >= 0.6 is 0 Å². The van der Waals surface area contributed by atoms with E-state index >= 15 is 0 Å². The Morgan fingerprint density at radius 3 is 2.62 bits per heavy atom. The first-order valence-corrected chi connectivity index (χ1v) is 8.39. The lowest BCUT2D eigenvalue weighted by Gasteiger charge is -2.31. The molecule has 2 N–H and O–H groups in total. The number of hydrogen-bond acceptors (Lipinski definition) is 6. The first-order chi connectivity index (χ1) is 12.3. The minimum atomic E-state index is -1.24. The second-order valence-corrected chi connectivity index (χ2v) is 6.45. The van der Waals surface area contributed by atoms with Gasteiger partial charge in [0.05, 0.1) is 11.5 Å². The summed E-state index contributed by atoms with van der Waals surface area (Å²) in [7, 11) is 1.32. The highest BCUT2D eigenvalue weighted by Crippen LogP contribution is 2.32. The number of hydrogen-bond donors (Lipinski definition) is 2. The minimum Gasteiger partial charge on any atom is -0.480 e. The van der Waals surface area contributed by atoms with Gasteiger partial charge in [-0.25, -0.2) is 4.79 Å². The van der Waals surface area contributed by atoms with Gasteiger partial charge in [0.1, 0.15) is 5.69 Å². The zero-order valence-electron chi connectivity index (χ0n) is 14.8. The lowest BCUT2D eigenvalue weighted by Crippen LogP contribution is -2.43. The second kappa shape index (κ2) is 8.61. The molecule has 2 rings (SSSR count). The van der Waals surface area contributed by atoms with E-state index in [1.165, 1.54) is 19.2 Å². The van der Waals surface area contributed by atoms with Gasteiger partial charge in [0.2, 0.25) is 0 Å². The summed E-state index contributed by atoms with van der Waals surface area (Å²) >= 11 is 0. The average molecular weight is 365 g/mol. The summed E-state index contributed by atoms with van der Waals surface area (Å²) in [5.41, 5.74) is 0.351. The van der Waals surface area contributed by atoms with Gasteiger partial charge in [-0.05, 0) is 30.9 Å². The zero-order chi connectivity index (χ0) is 19.3. The molecule has 1 aliphatic heterocycles. The molecule has 9 nitrogen and oxygen atoms in total. The fourth-order valence-corrected chi connectivity index (χ4v) is 2.91. The molecule has 1 aliphatic rings. The quantitative estimate of drug-likeness (QED) is 0.556. The topological polar surface area (TPSA) is 122 Å². The number of nitrogens with one attached hydrogen (secondary N) is 1. The number of amides is 1. The molecule has 1 unspecified atom stereocenters. The Kier molecular flexibility index (Phi) is 6.51. The highest BCUT2D eigenvalue weighted by Gasteiger charge is 2.26. The molecule has 1 amide bonds. The fourth-order valence-electron chi connectivity index (χ4n) is 2.91. The maximum atomic E-state index is 12.3. The van der Waals surface area contributed by atoms with Crippen LogP contribution in [0.25, 0.3) is 0 Å². The van der Waals surface area contributed by atoms with E-state index in [-0.39, 0.29) is 17.9 Å². The van der Waals surface area contributed by atoms with Gasteiger partial charge in [0.15, 0.2) is 6.04 Å². The molecule has 1 fully saturated rings. The molecule has 0 radical (unpaired) electrons. The van der Waals surface area contributed by atoms with Crippen molar-refractivity contribution in [2.24, 2.45) is 5.92 Å². The van der Waals surface area contributed by atoms with Crippen LogP contribution in [0.2, 0.25) is 0 Å². The second-order valence-electron chi connectivity index (χ2n) is 6.45. The van der Waals surface area contributed by atoms with E-state index in [2.05, 4.69) is 12.2 Å². The van der Waals surface area contributed by atoms with Gasteiger partial charge >= 0.3 is 5.97 Å². The smallest absolute Gasteiger partial charge is 0.328 e. The molecule has 9 heteroatoms. The van der Waals surface area contributed by atoms with Crippen molar-refractivity contribution < 1.29 is 24.4 Å². The first kappa shape index (κ1) is 19.6. The van der Waals surface area contributed by atoms with E-state index in [9.17, 15) is 19.7 Å². The Morgan fingerprint density at radius 1 is 1.42 bits per heavy atom. The first-order valence-electron chi connectivity index (χ1n) is 8.39. The number of nitrogens with zero attached hydrogens (tertiary/aromatic N) is 2. The normalized spacial score (nSPS) is 16.2. The van der Waals surface area contributed by atoms with E-state index in [0.717, 1.165) is 25.9 Å². The van der Waals surface area contributed by atoms with Crippen molar-refractivity contribution in [1.82, 2.24) is 5.32 Å². The van der Waals surface area contributed by atoms with Crippen LogP contribution in [0.15, 0.2) is 18.2 Å². The van der Waals surface area contributed by atoms with Crippen LogP contribution in [-0.4, -0.2) is 54.8 Å². The average Bonchev–Trinajstić information content (AvgIpc) is 2.61. The van der Waals surface area contributed by atoms with Crippen LogP contribution in [0, 0.1) is 16.0 Å². The molecule has 1 aromatic rings. The van der Waals surface area contributed by atoms with Gasteiger partial charge in [-0.3, -0.25) is 14.9 Å². The number of rotatable bonds is 7. The molecule has 0 saturated carbocycles. The highest BCUT2D eigenvalue weighted by molar-refractivity contribution is 5.98. The van der Waals surface area contributed by atoms with E-state index in [4.69, 9.17) is 9.84 Å². The minimum absolute atomic E-state index is 0.0354. The number of anilines is 1. The molecule has 0 bridgehead atoms. The Balaban J connectivity index is 2.23. The summed E-state index contributed by atoms with van der Waals surface area (Å²) in [5.74, 6) is -1.35. The lowest BCUT2D eigenvalue weighted by atomic mass is 9.98. The molecule has 1 atom stereocenters. The predicted molar refractivity (Wildman–Crippen MR) is 94.5 cm³/mol. The largest absolute Gasteiger partial charge is 0.480 e. The number of methoxy groups -OCH3 is 1. The number of aliphatic carboxylic acids is 1. The zero-order valence-corrected chi connectivity index (χ0v) is 14.8. The molecule has 142 valence electrons. The summed E-state index contributed by atoms with van der Waals surface area (Å²) in [4.78, 5) is 36.3. The van der Waals surface area contributed by atoms with Crippen LogP contribution in [0.1, 0.15) is 30.1 Å². The van der Waals surface area contributed by atoms with Gasteiger partial charge in [-0.2, -0.15) is 0 Å². The van der Waals surface area contributed by atoms with Crippen molar-refractivity contribution in [3.8, 4) is 0 Å². The van der Waals surface area contributed by atoms with Crippen molar-refractivity contribution in [3.05, 3.63) is 33.9 Å². The molecular weight excluding hydrogens is 342 g/mol. The number of nitro benzene ring substituents is 1. The van der Waals surface area contributed by atoms with Crippen LogP contribution in [0.4, 0.5) is 11.4 Å². The van der Waals surface area contributed by atoms with E-state index < -0.39 is 22.8 Å². The molecule has 0 aliphatic carbocycles. The molecule has 1 saturated heterocycles. The SMILES string of the molecule is COCC(NC(=O)c1ccc(N2CCC(C)CC2)c([N+](=O)[O-])c1)C(=O)O. The molecule has 1 heterocycles. The van der Waals surface area contributed by atoms with Crippen LogP contribution in [-0.2, 0) is 9.53 Å². The monoisotopic (exact) mass is 365 g/mol. The Bertz CT molecular complexity index is 685. The Hall–Kier alpha value is -2.68. The Labute approximate surface area is 151 Å². The third kappa shape index (κ3) is 4.69. The molecule has 0 aromatic heterocycles. The molecular formula is C17H23N3O6. The molecule has 26 heavy (non-hydrogen) atoms. The number of carbonyl (C=O) groups is 2. The van der Waals surface area contributed by atoms with Gasteiger partial charge < -0.3 is 20.1 Å². The summed E-state index contributed by atoms with van der Waals surface area (Å²) in [6.07, 6.45) is 1.91. The van der Waals surface area contributed by atoms with E-state index in [0.29, 0.717) is 11.6 Å². The number of carbonyl (C=O) groups excluding carboxylic acids is 1. The number of ether oxygens (including phenoxy) is 1. The maximum Gasteiger partial charge on any atom is 0.328 e. The van der Waals surface area contributed by atoms with Gasteiger partial charge in [-0.15, -0.1) is 0 Å². The number of piperidine rings is 1. The summed E-state index contributed by atoms with van der Waals surface area (Å²) in [6.45, 7) is 3.40. The van der Waals surface area contributed by atoms with Gasteiger partial charge in [0, 0.05) is 31.8 Å². The summed E-state index contributed by atoms with van der Waals surface area (Å²) < 4.78 is 4.76.